The van der Waals surface area contributed by atoms with Gasteiger partial charge in [0, 0.05) is 31.4 Å². The molecule has 2 unspecified atom stereocenters. The Morgan fingerprint density at radius 2 is 2.05 bits per heavy atom. The van der Waals surface area contributed by atoms with Crippen LogP contribution >= 0.6 is 0 Å². The van der Waals surface area contributed by atoms with E-state index in [9.17, 15) is 0 Å². The van der Waals surface area contributed by atoms with Gasteiger partial charge < -0.3 is 10.6 Å². The van der Waals surface area contributed by atoms with Crippen LogP contribution in [0.2, 0.25) is 0 Å². The number of anilines is 1. The molecule has 2 saturated heterocycles. The molecule has 19 heavy (non-hydrogen) atoms. The van der Waals surface area contributed by atoms with Crippen molar-refractivity contribution in [3.63, 3.8) is 0 Å². The third-order valence-electron chi connectivity index (χ3n) is 4.69. The second kappa shape index (κ2) is 5.51. The molecule has 0 bridgehead atoms. The maximum Gasteiger partial charge on any atom is 0.0369 e. The largest absolute Gasteiger partial charge is 0.372 e. The van der Waals surface area contributed by atoms with Gasteiger partial charge in [-0.1, -0.05) is 12.1 Å². The van der Waals surface area contributed by atoms with Gasteiger partial charge in [0.2, 0.25) is 0 Å². The third-order valence-corrected chi connectivity index (χ3v) is 4.69. The fourth-order valence-electron chi connectivity index (χ4n) is 3.57. The molecule has 0 aromatic heterocycles. The van der Waals surface area contributed by atoms with Crippen LogP contribution in [0.25, 0.3) is 0 Å². The fraction of sp³-hybridized carbons (Fsp3) is 0.625. The van der Waals surface area contributed by atoms with Gasteiger partial charge in [-0.2, -0.15) is 0 Å². The lowest BCUT2D eigenvalue weighted by molar-refractivity contribution is 0.313. The number of hydrogen-bond donors (Lipinski definition) is 1. The van der Waals surface area contributed by atoms with E-state index in [1.807, 2.05) is 0 Å². The average Bonchev–Trinajstić information content (AvgIpc) is 3.08. The second-order valence-corrected chi connectivity index (χ2v) is 6.08. The molecule has 0 radical (unpaired) electrons. The molecule has 3 heteroatoms. The Morgan fingerprint density at radius 1 is 1.26 bits per heavy atom. The number of nitrogens with two attached hydrogens (primary N) is 1. The predicted octanol–water partition coefficient (Wildman–Crippen LogP) is 2.24. The van der Waals surface area contributed by atoms with Crippen LogP contribution in [0.4, 0.5) is 5.69 Å². The van der Waals surface area contributed by atoms with Gasteiger partial charge in [0.15, 0.2) is 0 Å². The number of benzene rings is 1. The molecule has 0 spiro atoms. The lowest BCUT2D eigenvalue weighted by atomic mass is 9.99. The van der Waals surface area contributed by atoms with Crippen LogP contribution in [-0.4, -0.2) is 38.1 Å². The lowest BCUT2D eigenvalue weighted by Gasteiger charge is -2.23. The van der Waals surface area contributed by atoms with E-state index in [2.05, 4.69) is 41.1 Å². The Bertz CT molecular complexity index is 426. The number of hydrogen-bond acceptors (Lipinski definition) is 3. The van der Waals surface area contributed by atoms with Crippen molar-refractivity contribution in [1.82, 2.24) is 4.90 Å². The highest BCUT2D eigenvalue weighted by atomic mass is 15.2. The summed E-state index contributed by atoms with van der Waals surface area (Å²) in [5.74, 6) is 0.658. The van der Waals surface area contributed by atoms with E-state index in [1.54, 1.807) is 0 Å². The first-order chi connectivity index (χ1) is 9.28. The number of nitrogens with zero attached hydrogens (tertiary/aromatic N) is 2. The zero-order chi connectivity index (χ0) is 13.2. The van der Waals surface area contributed by atoms with E-state index in [0.29, 0.717) is 12.0 Å². The number of likely N-dealkylation sites (tertiary alicyclic amines) is 1. The molecule has 2 aliphatic rings. The van der Waals surface area contributed by atoms with Crippen LogP contribution in [0.15, 0.2) is 24.3 Å². The molecule has 2 fully saturated rings. The van der Waals surface area contributed by atoms with Crippen molar-refractivity contribution in [3.05, 3.63) is 29.8 Å². The van der Waals surface area contributed by atoms with Crippen molar-refractivity contribution in [2.75, 3.05) is 38.1 Å². The van der Waals surface area contributed by atoms with Crippen LogP contribution in [0.1, 0.15) is 30.9 Å². The highest BCUT2D eigenvalue weighted by molar-refractivity contribution is 5.50. The fourth-order valence-corrected chi connectivity index (χ4v) is 3.57. The summed E-state index contributed by atoms with van der Waals surface area (Å²) in [5.41, 5.74) is 8.69. The summed E-state index contributed by atoms with van der Waals surface area (Å²) in [6, 6.07) is 9.69. The molecule has 0 saturated carbocycles. The topological polar surface area (TPSA) is 32.5 Å². The van der Waals surface area contributed by atoms with Gasteiger partial charge in [-0.3, -0.25) is 4.90 Å². The van der Waals surface area contributed by atoms with E-state index >= 15 is 0 Å². The first-order valence-corrected chi connectivity index (χ1v) is 7.53. The molecule has 0 aliphatic carbocycles. The molecule has 0 amide bonds. The quantitative estimate of drug-likeness (QED) is 0.903. The van der Waals surface area contributed by atoms with Crippen molar-refractivity contribution < 1.29 is 0 Å². The average molecular weight is 259 g/mol. The molecule has 2 N–H and O–H groups in total. The first kappa shape index (κ1) is 12.9. The second-order valence-electron chi connectivity index (χ2n) is 6.08. The van der Waals surface area contributed by atoms with Crippen molar-refractivity contribution in [3.8, 4) is 0 Å². The van der Waals surface area contributed by atoms with Crippen LogP contribution in [0.3, 0.4) is 0 Å². The van der Waals surface area contributed by atoms with Gasteiger partial charge in [0.05, 0.1) is 0 Å². The predicted molar refractivity (Wildman–Crippen MR) is 80.4 cm³/mol. The van der Waals surface area contributed by atoms with Gasteiger partial charge in [-0.15, -0.1) is 0 Å². The van der Waals surface area contributed by atoms with E-state index in [1.165, 1.54) is 43.6 Å². The molecule has 2 atom stereocenters. The van der Waals surface area contributed by atoms with Crippen molar-refractivity contribution in [2.45, 2.75) is 25.3 Å². The van der Waals surface area contributed by atoms with E-state index in [4.69, 9.17) is 5.73 Å². The normalized spacial score (nSPS) is 28.2. The molecule has 104 valence electrons. The summed E-state index contributed by atoms with van der Waals surface area (Å²) in [6.45, 7) is 4.38. The van der Waals surface area contributed by atoms with Crippen molar-refractivity contribution in [1.29, 1.82) is 0 Å². The molecule has 2 heterocycles. The Kier molecular flexibility index (Phi) is 3.76. The van der Waals surface area contributed by atoms with Gasteiger partial charge in [0.25, 0.3) is 0 Å². The van der Waals surface area contributed by atoms with Gasteiger partial charge >= 0.3 is 0 Å². The van der Waals surface area contributed by atoms with Crippen LogP contribution < -0.4 is 10.6 Å². The molecule has 3 nitrogen and oxygen atoms in total. The lowest BCUT2D eigenvalue weighted by Crippen LogP contribution is -2.21. The minimum absolute atomic E-state index is 0.552. The maximum absolute atomic E-state index is 5.83. The summed E-state index contributed by atoms with van der Waals surface area (Å²) >= 11 is 0. The Morgan fingerprint density at radius 3 is 2.74 bits per heavy atom. The van der Waals surface area contributed by atoms with E-state index in [-0.39, 0.29) is 0 Å². The minimum atomic E-state index is 0.552. The zero-order valence-electron chi connectivity index (χ0n) is 11.9. The monoisotopic (exact) mass is 259 g/mol. The van der Waals surface area contributed by atoms with E-state index in [0.717, 1.165) is 13.1 Å². The summed E-state index contributed by atoms with van der Waals surface area (Å²) < 4.78 is 0. The van der Waals surface area contributed by atoms with Gasteiger partial charge in [0.1, 0.15) is 0 Å². The molecule has 1 aromatic rings. The summed E-state index contributed by atoms with van der Waals surface area (Å²) in [4.78, 5) is 4.97. The Labute approximate surface area is 116 Å². The maximum atomic E-state index is 5.83. The summed E-state index contributed by atoms with van der Waals surface area (Å²) in [5, 5.41) is 0. The van der Waals surface area contributed by atoms with Gasteiger partial charge in [-0.25, -0.2) is 0 Å². The van der Waals surface area contributed by atoms with Crippen LogP contribution in [-0.2, 0) is 0 Å². The highest BCUT2D eigenvalue weighted by Crippen LogP contribution is 2.35. The van der Waals surface area contributed by atoms with Crippen molar-refractivity contribution in [2.24, 2.45) is 11.7 Å². The molecular weight excluding hydrogens is 234 g/mol. The van der Waals surface area contributed by atoms with Gasteiger partial charge in [-0.05, 0) is 56.5 Å². The Hall–Kier alpha value is -1.06. The highest BCUT2D eigenvalue weighted by Gasteiger charge is 2.29. The minimum Gasteiger partial charge on any atom is -0.372 e. The smallest absolute Gasteiger partial charge is 0.0369 e. The summed E-state index contributed by atoms with van der Waals surface area (Å²) in [7, 11) is 2.23. The summed E-state index contributed by atoms with van der Waals surface area (Å²) in [6.07, 6.45) is 3.88. The molecule has 3 rings (SSSR count). The standard InChI is InChI=1S/C16H25N3/c1-18-12-13(11-17)9-16(18)14-5-4-6-15(10-14)19-7-2-3-8-19/h4-6,10,13,16H,2-3,7-9,11-12,17H2,1H3. The van der Waals surface area contributed by atoms with Crippen molar-refractivity contribution >= 4 is 5.69 Å². The number of rotatable bonds is 3. The van der Waals surface area contributed by atoms with E-state index < -0.39 is 0 Å². The molecule has 2 aliphatic heterocycles. The SMILES string of the molecule is CN1CC(CN)CC1c1cccc(N2CCCC2)c1. The molecular formula is C16H25N3. The molecule has 1 aromatic carbocycles. The zero-order valence-corrected chi connectivity index (χ0v) is 11.9. The first-order valence-electron chi connectivity index (χ1n) is 7.53. The van der Waals surface area contributed by atoms with Crippen LogP contribution in [0.5, 0.6) is 0 Å². The van der Waals surface area contributed by atoms with Crippen LogP contribution in [0, 0.1) is 5.92 Å². The third kappa shape index (κ3) is 2.63. The Balaban J connectivity index is 1.79.